The quantitative estimate of drug-likeness (QED) is 0.226. The summed E-state index contributed by atoms with van der Waals surface area (Å²) in [6.07, 6.45) is 0. The van der Waals surface area contributed by atoms with Gasteiger partial charge in [0.1, 0.15) is 11.5 Å². The number of fused-ring (bicyclic) bond motifs is 13. The van der Waals surface area contributed by atoms with E-state index in [9.17, 15) is 0 Å². The maximum Gasteiger partial charge on any atom is 0.250 e. The van der Waals surface area contributed by atoms with Crippen LogP contribution >= 0.6 is 0 Å². The van der Waals surface area contributed by atoms with Gasteiger partial charge in [-0.3, -0.25) is 0 Å². The molecule has 3 heterocycles. The molecule has 0 unspecified atom stereocenters. The van der Waals surface area contributed by atoms with E-state index in [-0.39, 0.29) is 13.4 Å². The van der Waals surface area contributed by atoms with Crippen molar-refractivity contribution in [2.45, 2.75) is 5.41 Å². The van der Waals surface area contributed by atoms with Gasteiger partial charge in [0, 0.05) is 0 Å². The third-order valence-electron chi connectivity index (χ3n) is 14.1. The lowest BCUT2D eigenvalue weighted by atomic mass is 9.35. The largest absolute Gasteiger partial charge is 0.458 e. The van der Waals surface area contributed by atoms with Gasteiger partial charge in [0.2, 0.25) is 6.71 Å². The molecule has 0 N–H and O–H groups in total. The van der Waals surface area contributed by atoms with Crippen LogP contribution in [0.15, 0.2) is 218 Å². The second kappa shape index (κ2) is 12.3. The molecule has 4 heteroatoms. The van der Waals surface area contributed by atoms with E-state index in [1.807, 2.05) is 0 Å². The van der Waals surface area contributed by atoms with E-state index in [1.54, 1.807) is 0 Å². The van der Waals surface area contributed by atoms with E-state index in [4.69, 9.17) is 4.74 Å². The second-order valence-electron chi connectivity index (χ2n) is 16.6. The fourth-order valence-electron chi connectivity index (χ4n) is 12.0. The topological polar surface area (TPSA) is 9.23 Å². The highest BCUT2D eigenvalue weighted by Gasteiger charge is 2.57. The summed E-state index contributed by atoms with van der Waals surface area (Å²) in [6.45, 7) is 0.153. The Morgan fingerprint density at radius 1 is 0.356 bits per heavy atom. The third kappa shape index (κ3) is 4.21. The van der Waals surface area contributed by atoms with Gasteiger partial charge in [-0.1, -0.05) is 228 Å². The van der Waals surface area contributed by atoms with Crippen molar-refractivity contribution in [1.82, 2.24) is 0 Å². The second-order valence-corrected chi connectivity index (χ2v) is 20.2. The lowest BCUT2D eigenvalue weighted by Crippen LogP contribution is -2.93. The van der Waals surface area contributed by atoms with E-state index < -0.39 is 13.5 Å². The van der Waals surface area contributed by atoms with Gasteiger partial charge in [-0.05, 0) is 77.2 Å². The Bertz CT molecular complexity index is 3090. The minimum Gasteiger partial charge on any atom is -0.458 e. The van der Waals surface area contributed by atoms with Crippen molar-refractivity contribution in [2.24, 2.45) is 0 Å². The number of ether oxygens (including phenoxy) is 1. The molecule has 13 rings (SSSR count). The molecule has 272 valence electrons. The van der Waals surface area contributed by atoms with Gasteiger partial charge in [0.25, 0.3) is 6.71 Å². The Balaban J connectivity index is 1.10. The molecule has 1 spiro atoms. The molecule has 1 aliphatic carbocycles. The van der Waals surface area contributed by atoms with Crippen LogP contribution in [0.4, 0.5) is 0 Å². The minimum atomic E-state index is -2.89. The average Bonchev–Trinajstić information content (AvgIpc) is 3.61. The first kappa shape index (κ1) is 33.1. The molecule has 0 fully saturated rings. The highest BCUT2D eigenvalue weighted by Crippen LogP contribution is 2.55. The molecule has 1 nitrogen and oxygen atoms in total. The number of benzene rings is 9. The fraction of sp³-hybridized carbons (Fsp3) is 0.0182. The molecule has 0 aromatic heterocycles. The molecule has 0 saturated carbocycles. The number of hydrogen-bond acceptors (Lipinski definition) is 1. The molecule has 0 bridgehead atoms. The standard InChI is InChI=1S/C55H36B2OSi/c1-3-18-37(19-4-1)55(38-20-5-2-6-21-38)42-23-8-7-22-40(42)41-35-34-39(36-43(41)55)56-45-25-10-14-30-50(45)59(51-31-15-11-26-46(51)56)52-32-16-12-27-47(52)57-44-24-9-13-28-48(44)58-49-29-17-33-53(59)54(49)57/h1-36H. The molecule has 3 aliphatic heterocycles. The predicted molar refractivity (Wildman–Crippen MR) is 250 cm³/mol. The Morgan fingerprint density at radius 2 is 0.847 bits per heavy atom. The first-order chi connectivity index (χ1) is 29.3. The normalized spacial score (nSPS) is 15.1. The van der Waals surface area contributed by atoms with Gasteiger partial charge in [0.05, 0.1) is 5.41 Å². The lowest BCUT2D eigenvalue weighted by Gasteiger charge is -2.48. The predicted octanol–water partition coefficient (Wildman–Crippen LogP) is 5.19. The van der Waals surface area contributed by atoms with Crippen LogP contribution in [0.1, 0.15) is 22.3 Å². The van der Waals surface area contributed by atoms with Crippen molar-refractivity contribution < 1.29 is 4.74 Å². The van der Waals surface area contributed by atoms with Crippen LogP contribution in [-0.2, 0) is 5.41 Å². The van der Waals surface area contributed by atoms with Crippen molar-refractivity contribution in [3.8, 4) is 22.6 Å². The average molecular weight is 763 g/mol. The molecule has 9 aromatic carbocycles. The summed E-state index contributed by atoms with van der Waals surface area (Å²) in [7, 11) is -2.89. The summed E-state index contributed by atoms with van der Waals surface area (Å²) < 4.78 is 6.82. The van der Waals surface area contributed by atoms with E-state index in [1.165, 1.54) is 86.9 Å². The van der Waals surface area contributed by atoms with Crippen molar-refractivity contribution in [2.75, 3.05) is 0 Å². The van der Waals surface area contributed by atoms with E-state index in [2.05, 4.69) is 218 Å². The Morgan fingerprint density at radius 3 is 1.51 bits per heavy atom. The van der Waals surface area contributed by atoms with Gasteiger partial charge in [-0.15, -0.1) is 0 Å². The van der Waals surface area contributed by atoms with Gasteiger partial charge >= 0.3 is 0 Å². The monoisotopic (exact) mass is 762 g/mol. The van der Waals surface area contributed by atoms with Crippen LogP contribution in [-0.4, -0.2) is 21.5 Å². The SMILES string of the molecule is c1ccc(C2(c3ccccc3)c3ccccc3-c3ccc(B4c5ccccc5[Si]5(c6ccccc64)c4ccccc4B4c6ccccc6Oc6cccc5c64)cc32)cc1. The van der Waals surface area contributed by atoms with Gasteiger partial charge in [0.15, 0.2) is 8.07 Å². The van der Waals surface area contributed by atoms with Crippen molar-refractivity contribution in [3.63, 3.8) is 0 Å². The van der Waals surface area contributed by atoms with Gasteiger partial charge in [-0.2, -0.15) is 0 Å². The van der Waals surface area contributed by atoms with E-state index in [0.717, 1.165) is 11.5 Å². The van der Waals surface area contributed by atoms with Crippen molar-refractivity contribution >= 4 is 75.0 Å². The number of hydrogen-bond donors (Lipinski definition) is 0. The number of para-hydroxylation sites is 1. The van der Waals surface area contributed by atoms with Crippen LogP contribution in [0.2, 0.25) is 0 Å². The Kier molecular flexibility index (Phi) is 6.92. The van der Waals surface area contributed by atoms with Crippen LogP contribution in [0.25, 0.3) is 11.1 Å². The lowest BCUT2D eigenvalue weighted by molar-refractivity contribution is 0.488. The van der Waals surface area contributed by atoms with E-state index in [0.29, 0.717) is 0 Å². The summed E-state index contributed by atoms with van der Waals surface area (Å²) in [5.41, 5.74) is 15.5. The van der Waals surface area contributed by atoms with Crippen LogP contribution in [0.3, 0.4) is 0 Å². The van der Waals surface area contributed by atoms with Crippen LogP contribution < -0.4 is 58.3 Å². The molecule has 4 aliphatic rings. The minimum absolute atomic E-state index is 0.0418. The molecule has 0 atom stereocenters. The van der Waals surface area contributed by atoms with Crippen LogP contribution in [0.5, 0.6) is 11.5 Å². The molecular weight excluding hydrogens is 726 g/mol. The first-order valence-corrected chi connectivity index (χ1v) is 22.8. The first-order valence-electron chi connectivity index (χ1n) is 20.8. The summed E-state index contributed by atoms with van der Waals surface area (Å²) >= 11 is 0. The summed E-state index contributed by atoms with van der Waals surface area (Å²) in [5, 5.41) is 5.88. The fourth-order valence-corrected chi connectivity index (χ4v) is 17.8. The highest BCUT2D eigenvalue weighted by atomic mass is 28.3. The summed E-state index contributed by atoms with van der Waals surface area (Å²) in [5.74, 6) is 1.95. The zero-order chi connectivity index (χ0) is 38.7. The molecular formula is C55H36B2OSi. The van der Waals surface area contributed by atoms with Crippen LogP contribution in [0, 0.1) is 0 Å². The van der Waals surface area contributed by atoms with E-state index >= 15 is 0 Å². The molecule has 0 saturated heterocycles. The maximum absolute atomic E-state index is 6.82. The summed E-state index contributed by atoms with van der Waals surface area (Å²) in [4.78, 5) is 0. The van der Waals surface area contributed by atoms with Gasteiger partial charge in [-0.25, -0.2) is 0 Å². The molecule has 0 amide bonds. The highest BCUT2D eigenvalue weighted by molar-refractivity contribution is 7.31. The van der Waals surface area contributed by atoms with Crippen molar-refractivity contribution in [3.05, 3.63) is 241 Å². The molecule has 9 aromatic rings. The van der Waals surface area contributed by atoms with Gasteiger partial charge < -0.3 is 4.74 Å². The number of rotatable bonds is 3. The zero-order valence-electron chi connectivity index (χ0n) is 32.3. The molecule has 0 radical (unpaired) electrons. The van der Waals surface area contributed by atoms with Crippen molar-refractivity contribution in [1.29, 1.82) is 0 Å². The zero-order valence-corrected chi connectivity index (χ0v) is 33.3. The summed E-state index contributed by atoms with van der Waals surface area (Å²) in [6, 6.07) is 82.7. The Hall–Kier alpha value is -6.87. The molecule has 59 heavy (non-hydrogen) atoms. The maximum atomic E-state index is 6.82. The Labute approximate surface area is 346 Å². The smallest absolute Gasteiger partial charge is 0.250 e. The third-order valence-corrected chi connectivity index (χ3v) is 19.1.